The van der Waals surface area contributed by atoms with Crippen molar-refractivity contribution in [1.82, 2.24) is 20.3 Å². The molecule has 10 heteroatoms. The third-order valence-corrected chi connectivity index (χ3v) is 5.23. The molecule has 2 saturated heterocycles. The highest BCUT2D eigenvalue weighted by Crippen LogP contribution is 2.34. The summed E-state index contributed by atoms with van der Waals surface area (Å²) in [6, 6.07) is 5.55. The summed E-state index contributed by atoms with van der Waals surface area (Å²) in [5.41, 5.74) is 1.57. The molecule has 2 aromatic rings. The second kappa shape index (κ2) is 9.23. The molecule has 2 amide bonds. The van der Waals surface area contributed by atoms with Gasteiger partial charge in [-0.1, -0.05) is 5.21 Å². The first-order chi connectivity index (χ1) is 13.7. The van der Waals surface area contributed by atoms with Crippen molar-refractivity contribution < 1.29 is 14.3 Å². The van der Waals surface area contributed by atoms with E-state index < -0.39 is 0 Å². The lowest BCUT2D eigenvalue weighted by Gasteiger charge is -2.22. The van der Waals surface area contributed by atoms with Gasteiger partial charge in [0.1, 0.15) is 5.75 Å². The van der Waals surface area contributed by atoms with E-state index >= 15 is 0 Å². The van der Waals surface area contributed by atoms with Gasteiger partial charge >= 0.3 is 0 Å². The van der Waals surface area contributed by atoms with Crippen molar-refractivity contribution in [3.05, 3.63) is 30.1 Å². The molecule has 9 nitrogen and oxygen atoms in total. The standard InChI is InChI=1S/C19H24N6O3.ClH/c1-28-17-11-13(4-5-16(17)24-10-2-3-18(24)26)21-19(27)15-12-25(23-22-15)14-6-8-20-9-7-14;/h4-5,11-12,14,20H,2-3,6-10H2,1H3,(H,21,27);1H. The van der Waals surface area contributed by atoms with Crippen LogP contribution in [0.25, 0.3) is 0 Å². The maximum atomic E-state index is 12.6. The zero-order valence-electron chi connectivity index (χ0n) is 16.3. The summed E-state index contributed by atoms with van der Waals surface area (Å²) in [6.45, 7) is 2.57. The van der Waals surface area contributed by atoms with Crippen LogP contribution in [0.4, 0.5) is 11.4 Å². The number of carbonyl (C=O) groups is 2. The van der Waals surface area contributed by atoms with Gasteiger partial charge < -0.3 is 20.3 Å². The number of benzene rings is 1. The Kier molecular flexibility index (Phi) is 6.71. The van der Waals surface area contributed by atoms with Gasteiger partial charge in [-0.25, -0.2) is 4.68 Å². The van der Waals surface area contributed by atoms with Gasteiger partial charge in [0.15, 0.2) is 5.69 Å². The van der Waals surface area contributed by atoms with E-state index in [1.165, 1.54) is 0 Å². The molecule has 0 spiro atoms. The number of hydrogen-bond donors (Lipinski definition) is 2. The average molecular weight is 421 g/mol. The summed E-state index contributed by atoms with van der Waals surface area (Å²) in [6.07, 6.45) is 5.03. The van der Waals surface area contributed by atoms with E-state index in [0.29, 0.717) is 24.4 Å². The molecule has 156 valence electrons. The van der Waals surface area contributed by atoms with E-state index in [0.717, 1.165) is 38.0 Å². The molecule has 2 fully saturated rings. The largest absolute Gasteiger partial charge is 0.494 e. The van der Waals surface area contributed by atoms with Crippen LogP contribution in [0.15, 0.2) is 24.4 Å². The Balaban J connectivity index is 0.00000240. The maximum Gasteiger partial charge on any atom is 0.277 e. The molecule has 2 aliphatic rings. The van der Waals surface area contributed by atoms with E-state index in [1.807, 2.05) is 0 Å². The molecular weight excluding hydrogens is 396 g/mol. The Morgan fingerprint density at radius 3 is 2.79 bits per heavy atom. The predicted molar refractivity (Wildman–Crippen MR) is 111 cm³/mol. The predicted octanol–water partition coefficient (Wildman–Crippen LogP) is 2.01. The topological polar surface area (TPSA) is 101 Å². The summed E-state index contributed by atoms with van der Waals surface area (Å²) in [4.78, 5) is 26.3. The van der Waals surface area contributed by atoms with Crippen molar-refractivity contribution in [2.45, 2.75) is 31.7 Å². The molecule has 4 rings (SSSR count). The number of nitrogens with one attached hydrogen (secondary N) is 2. The first kappa shape index (κ1) is 21.1. The van der Waals surface area contributed by atoms with Crippen molar-refractivity contribution in [2.24, 2.45) is 0 Å². The molecule has 1 aromatic heterocycles. The van der Waals surface area contributed by atoms with Gasteiger partial charge in [-0.2, -0.15) is 0 Å². The SMILES string of the molecule is COc1cc(NC(=O)c2cn(C3CCNCC3)nn2)ccc1N1CCCC1=O.Cl. The number of amides is 2. The number of nitrogens with zero attached hydrogens (tertiary/aromatic N) is 4. The smallest absolute Gasteiger partial charge is 0.277 e. The van der Waals surface area contributed by atoms with E-state index in [2.05, 4.69) is 20.9 Å². The number of methoxy groups -OCH3 is 1. The lowest BCUT2D eigenvalue weighted by molar-refractivity contribution is -0.117. The van der Waals surface area contributed by atoms with E-state index in [9.17, 15) is 9.59 Å². The van der Waals surface area contributed by atoms with Crippen LogP contribution in [-0.2, 0) is 4.79 Å². The zero-order chi connectivity index (χ0) is 19.5. The van der Waals surface area contributed by atoms with E-state index in [4.69, 9.17) is 4.74 Å². The number of rotatable bonds is 5. The summed E-state index contributed by atoms with van der Waals surface area (Å²) in [7, 11) is 1.55. The van der Waals surface area contributed by atoms with Gasteiger partial charge in [0.2, 0.25) is 5.91 Å². The quantitative estimate of drug-likeness (QED) is 0.767. The fourth-order valence-corrected chi connectivity index (χ4v) is 3.71. The monoisotopic (exact) mass is 420 g/mol. The fraction of sp³-hybridized carbons (Fsp3) is 0.474. The second-order valence-corrected chi connectivity index (χ2v) is 7.05. The van der Waals surface area contributed by atoms with Crippen LogP contribution < -0.4 is 20.3 Å². The number of anilines is 2. The summed E-state index contributed by atoms with van der Waals surface area (Å²) < 4.78 is 7.21. The van der Waals surface area contributed by atoms with E-state index in [1.54, 1.807) is 41.1 Å². The van der Waals surface area contributed by atoms with Crippen LogP contribution >= 0.6 is 12.4 Å². The Morgan fingerprint density at radius 1 is 1.31 bits per heavy atom. The highest BCUT2D eigenvalue weighted by molar-refractivity contribution is 6.03. The van der Waals surface area contributed by atoms with Crippen LogP contribution in [0.5, 0.6) is 5.75 Å². The molecule has 29 heavy (non-hydrogen) atoms. The highest BCUT2D eigenvalue weighted by atomic mass is 35.5. The lowest BCUT2D eigenvalue weighted by atomic mass is 10.1. The lowest BCUT2D eigenvalue weighted by Crippen LogP contribution is -2.29. The van der Waals surface area contributed by atoms with Crippen LogP contribution in [0.3, 0.4) is 0 Å². The molecule has 3 heterocycles. The van der Waals surface area contributed by atoms with Crippen LogP contribution in [0, 0.1) is 0 Å². The van der Waals surface area contributed by atoms with Crippen LogP contribution in [-0.4, -0.2) is 53.6 Å². The number of carbonyl (C=O) groups excluding carboxylic acids is 2. The average Bonchev–Trinajstić information content (AvgIpc) is 3.38. The van der Waals surface area contributed by atoms with Crippen LogP contribution in [0.1, 0.15) is 42.2 Å². The van der Waals surface area contributed by atoms with Gasteiger partial charge in [0, 0.05) is 24.7 Å². The first-order valence-electron chi connectivity index (χ1n) is 9.58. The Hall–Kier alpha value is -2.65. The number of piperidine rings is 1. The minimum atomic E-state index is -0.327. The van der Waals surface area contributed by atoms with E-state index in [-0.39, 0.29) is 36.0 Å². The number of hydrogen-bond acceptors (Lipinski definition) is 6. The second-order valence-electron chi connectivity index (χ2n) is 7.05. The van der Waals surface area contributed by atoms with Crippen molar-refractivity contribution in [3.63, 3.8) is 0 Å². The van der Waals surface area contributed by atoms with Crippen molar-refractivity contribution in [1.29, 1.82) is 0 Å². The Labute approximate surface area is 175 Å². The van der Waals surface area contributed by atoms with Gasteiger partial charge in [0.25, 0.3) is 5.91 Å². The summed E-state index contributed by atoms with van der Waals surface area (Å²) in [5, 5.41) is 14.3. The molecule has 0 saturated carbocycles. The molecule has 0 aliphatic carbocycles. The molecule has 0 atom stereocenters. The molecule has 1 aromatic carbocycles. The Bertz CT molecular complexity index is 881. The number of halogens is 1. The molecule has 0 radical (unpaired) electrons. The minimum absolute atomic E-state index is 0. The summed E-state index contributed by atoms with van der Waals surface area (Å²) >= 11 is 0. The first-order valence-corrected chi connectivity index (χ1v) is 9.58. The maximum absolute atomic E-state index is 12.6. The van der Waals surface area contributed by atoms with Crippen molar-refractivity contribution in [2.75, 3.05) is 37.0 Å². The minimum Gasteiger partial charge on any atom is -0.494 e. The zero-order valence-corrected chi connectivity index (χ0v) is 17.1. The van der Waals surface area contributed by atoms with Crippen molar-refractivity contribution in [3.8, 4) is 5.75 Å². The summed E-state index contributed by atoms with van der Waals surface area (Å²) in [5.74, 6) is 0.309. The normalized spacial score (nSPS) is 17.1. The number of ether oxygens (including phenoxy) is 1. The Morgan fingerprint density at radius 2 is 2.10 bits per heavy atom. The molecule has 2 aliphatic heterocycles. The molecule has 0 bridgehead atoms. The fourth-order valence-electron chi connectivity index (χ4n) is 3.71. The highest BCUT2D eigenvalue weighted by Gasteiger charge is 2.25. The number of aromatic nitrogens is 3. The third-order valence-electron chi connectivity index (χ3n) is 5.23. The van der Waals surface area contributed by atoms with Gasteiger partial charge in [0.05, 0.1) is 25.0 Å². The van der Waals surface area contributed by atoms with Gasteiger partial charge in [-0.05, 0) is 44.5 Å². The van der Waals surface area contributed by atoms with Crippen LogP contribution in [0.2, 0.25) is 0 Å². The van der Waals surface area contributed by atoms with Gasteiger partial charge in [-0.15, -0.1) is 17.5 Å². The molecule has 2 N–H and O–H groups in total. The third kappa shape index (κ3) is 4.51. The van der Waals surface area contributed by atoms with Gasteiger partial charge in [-0.3, -0.25) is 9.59 Å². The molecular formula is C19H25ClN6O3. The van der Waals surface area contributed by atoms with Crippen molar-refractivity contribution >= 4 is 35.6 Å². The molecule has 0 unspecified atom stereocenters.